The van der Waals surface area contributed by atoms with Crippen LogP contribution in [0.3, 0.4) is 0 Å². The van der Waals surface area contributed by atoms with Crippen molar-refractivity contribution in [3.63, 3.8) is 0 Å². The number of aliphatic hydroxyl groups is 1. The standard InChI is InChI=1S/C17H25N5O2.2ClH.2H2O/c1-17(2,3)19-10-12(23)11-24-15-7-5-4-6-13(15)14-8-9-16(20-18)22-21-14;;;;/h4-9,12,19,23H,10-11,18H2,1-3H3,(H,20,22);2*1H;2*1H2. The molecule has 1 aromatic carbocycles. The van der Waals surface area contributed by atoms with Crippen LogP contribution in [0.4, 0.5) is 5.82 Å². The third-order valence-corrected chi connectivity index (χ3v) is 3.27. The van der Waals surface area contributed by atoms with Gasteiger partial charge in [0.2, 0.25) is 0 Å². The molecule has 1 heterocycles. The fourth-order valence-corrected chi connectivity index (χ4v) is 2.03. The smallest absolute Gasteiger partial charge is 0.162 e. The van der Waals surface area contributed by atoms with Gasteiger partial charge in [-0.15, -0.1) is 35.0 Å². The molecule has 1 aromatic heterocycles. The van der Waals surface area contributed by atoms with Crippen LogP contribution in [0.1, 0.15) is 20.8 Å². The molecule has 0 saturated heterocycles. The number of aromatic nitrogens is 2. The molecular weight excluding hydrogens is 409 g/mol. The van der Waals surface area contributed by atoms with E-state index in [4.69, 9.17) is 10.6 Å². The lowest BCUT2D eigenvalue weighted by Crippen LogP contribution is -2.42. The van der Waals surface area contributed by atoms with Crippen molar-refractivity contribution >= 4 is 30.6 Å². The molecule has 0 aliphatic rings. The molecule has 0 amide bonds. The first-order valence-electron chi connectivity index (χ1n) is 7.84. The van der Waals surface area contributed by atoms with Gasteiger partial charge in [-0.3, -0.25) is 0 Å². The molecule has 0 radical (unpaired) electrons. The van der Waals surface area contributed by atoms with Crippen LogP contribution in [-0.2, 0) is 0 Å². The van der Waals surface area contributed by atoms with Crippen molar-refractivity contribution in [3.8, 4) is 17.0 Å². The van der Waals surface area contributed by atoms with Gasteiger partial charge in [0.25, 0.3) is 0 Å². The van der Waals surface area contributed by atoms with E-state index in [1.54, 1.807) is 6.07 Å². The van der Waals surface area contributed by atoms with E-state index in [0.717, 1.165) is 5.56 Å². The molecule has 1 unspecified atom stereocenters. The number of hydrogen-bond acceptors (Lipinski definition) is 7. The lowest BCUT2D eigenvalue weighted by Gasteiger charge is -2.23. The maximum atomic E-state index is 10.1. The van der Waals surface area contributed by atoms with E-state index in [1.165, 1.54) is 0 Å². The van der Waals surface area contributed by atoms with Crippen LogP contribution in [-0.4, -0.2) is 51.1 Å². The van der Waals surface area contributed by atoms with Crippen molar-refractivity contribution in [1.29, 1.82) is 0 Å². The van der Waals surface area contributed by atoms with Gasteiger partial charge in [-0.05, 0) is 45.0 Å². The van der Waals surface area contributed by atoms with Crippen molar-refractivity contribution in [3.05, 3.63) is 36.4 Å². The average Bonchev–Trinajstić information content (AvgIpc) is 2.58. The maximum absolute atomic E-state index is 10.1. The topological polar surface area (TPSA) is 168 Å². The summed E-state index contributed by atoms with van der Waals surface area (Å²) in [5.74, 6) is 6.43. The van der Waals surface area contributed by atoms with E-state index >= 15 is 0 Å². The summed E-state index contributed by atoms with van der Waals surface area (Å²) in [6, 6.07) is 11.1. The highest BCUT2D eigenvalue weighted by atomic mass is 35.5. The summed E-state index contributed by atoms with van der Waals surface area (Å²) in [4.78, 5) is 0. The van der Waals surface area contributed by atoms with E-state index < -0.39 is 6.10 Å². The molecule has 0 bridgehead atoms. The Balaban J connectivity index is -0.00000156. The first kappa shape index (κ1) is 31.0. The van der Waals surface area contributed by atoms with Gasteiger partial charge in [0, 0.05) is 17.6 Å². The van der Waals surface area contributed by atoms with Crippen molar-refractivity contribution < 1.29 is 20.8 Å². The monoisotopic (exact) mass is 439 g/mol. The van der Waals surface area contributed by atoms with E-state index in [0.29, 0.717) is 23.8 Å². The number of aliphatic hydroxyl groups excluding tert-OH is 1. The Bertz CT molecular complexity index is 657. The van der Waals surface area contributed by atoms with Gasteiger partial charge in [0.15, 0.2) is 5.82 Å². The Morgan fingerprint density at radius 3 is 2.25 bits per heavy atom. The second-order valence-electron chi connectivity index (χ2n) is 6.54. The number of anilines is 1. The number of rotatable bonds is 7. The zero-order valence-corrected chi connectivity index (χ0v) is 17.7. The molecule has 0 aliphatic heterocycles. The number of β-amino-alcohol motifs (C(OH)–C–C–N with tert-alkyl or cyclic N) is 1. The first-order valence-corrected chi connectivity index (χ1v) is 7.84. The Morgan fingerprint density at radius 2 is 1.71 bits per heavy atom. The van der Waals surface area contributed by atoms with Crippen LogP contribution in [0.5, 0.6) is 5.75 Å². The number of nitrogens with one attached hydrogen (secondary N) is 2. The molecule has 0 aliphatic carbocycles. The summed E-state index contributed by atoms with van der Waals surface area (Å²) < 4.78 is 5.78. The van der Waals surface area contributed by atoms with Gasteiger partial charge in [0.1, 0.15) is 18.5 Å². The minimum absolute atomic E-state index is 0. The third-order valence-electron chi connectivity index (χ3n) is 3.27. The quantitative estimate of drug-likeness (QED) is 0.364. The molecule has 2 rings (SSSR count). The molecule has 0 fully saturated rings. The minimum atomic E-state index is -0.604. The van der Waals surface area contributed by atoms with E-state index in [2.05, 4.69) is 41.7 Å². The summed E-state index contributed by atoms with van der Waals surface area (Å²) in [5.41, 5.74) is 3.88. The first-order chi connectivity index (χ1) is 11.4. The molecule has 0 spiro atoms. The summed E-state index contributed by atoms with van der Waals surface area (Å²) in [5, 5.41) is 21.4. The number of para-hydroxylation sites is 1. The molecular formula is C17H31Cl2N5O4. The average molecular weight is 440 g/mol. The summed E-state index contributed by atoms with van der Waals surface area (Å²) in [6.45, 7) is 6.80. The van der Waals surface area contributed by atoms with Crippen molar-refractivity contribution in [2.75, 3.05) is 18.6 Å². The predicted octanol–water partition coefficient (Wildman–Crippen LogP) is 0.751. The zero-order chi connectivity index (χ0) is 17.6. The number of ether oxygens (including phenoxy) is 1. The molecule has 0 saturated carbocycles. The Labute approximate surface area is 177 Å². The number of nitrogens with zero attached hydrogens (tertiary/aromatic N) is 2. The van der Waals surface area contributed by atoms with E-state index in [9.17, 15) is 5.11 Å². The molecule has 11 heteroatoms. The Hall–Kier alpha value is -1.72. The maximum Gasteiger partial charge on any atom is 0.162 e. The highest BCUT2D eigenvalue weighted by molar-refractivity contribution is 5.85. The zero-order valence-electron chi connectivity index (χ0n) is 16.1. The van der Waals surface area contributed by atoms with Gasteiger partial charge in [0.05, 0.1) is 5.69 Å². The Kier molecular flexibility index (Phi) is 15.8. The lowest BCUT2D eigenvalue weighted by atomic mass is 10.1. The Morgan fingerprint density at radius 1 is 1.07 bits per heavy atom. The molecule has 9 N–H and O–H groups in total. The highest BCUT2D eigenvalue weighted by Gasteiger charge is 2.14. The van der Waals surface area contributed by atoms with Crippen molar-refractivity contribution in [2.45, 2.75) is 32.4 Å². The van der Waals surface area contributed by atoms with Gasteiger partial charge in [-0.1, -0.05) is 12.1 Å². The largest absolute Gasteiger partial charge is 0.490 e. The third kappa shape index (κ3) is 10.00. The number of nitrogen functional groups attached to an aromatic ring is 1. The van der Waals surface area contributed by atoms with Gasteiger partial charge >= 0.3 is 0 Å². The van der Waals surface area contributed by atoms with Gasteiger partial charge < -0.3 is 31.5 Å². The number of nitrogens with two attached hydrogens (primary N) is 1. The van der Waals surface area contributed by atoms with Gasteiger partial charge in [-0.25, -0.2) is 5.84 Å². The second kappa shape index (κ2) is 14.3. The van der Waals surface area contributed by atoms with E-state index in [-0.39, 0.29) is 47.9 Å². The summed E-state index contributed by atoms with van der Waals surface area (Å²) in [6.07, 6.45) is -0.604. The number of hydrazine groups is 1. The van der Waals surface area contributed by atoms with Crippen LogP contribution in [0.15, 0.2) is 36.4 Å². The van der Waals surface area contributed by atoms with Crippen LogP contribution in [0.25, 0.3) is 11.3 Å². The lowest BCUT2D eigenvalue weighted by molar-refractivity contribution is 0.100. The molecule has 2 aromatic rings. The second-order valence-corrected chi connectivity index (χ2v) is 6.54. The predicted molar refractivity (Wildman–Crippen MR) is 116 cm³/mol. The summed E-state index contributed by atoms with van der Waals surface area (Å²) >= 11 is 0. The number of halogens is 2. The number of hydrogen-bond donors (Lipinski definition) is 4. The highest BCUT2D eigenvalue weighted by Crippen LogP contribution is 2.28. The molecule has 162 valence electrons. The van der Waals surface area contributed by atoms with E-state index in [1.807, 2.05) is 30.3 Å². The van der Waals surface area contributed by atoms with Crippen LogP contribution in [0, 0.1) is 0 Å². The fourth-order valence-electron chi connectivity index (χ4n) is 2.03. The fraction of sp³-hybridized carbons (Fsp3) is 0.412. The van der Waals surface area contributed by atoms with Gasteiger partial charge in [-0.2, -0.15) is 0 Å². The molecule has 28 heavy (non-hydrogen) atoms. The van der Waals surface area contributed by atoms with Crippen LogP contribution >= 0.6 is 24.8 Å². The molecule has 1 atom stereocenters. The van der Waals surface area contributed by atoms with Crippen molar-refractivity contribution in [2.24, 2.45) is 5.84 Å². The van der Waals surface area contributed by atoms with Crippen molar-refractivity contribution in [1.82, 2.24) is 15.5 Å². The van der Waals surface area contributed by atoms with Crippen LogP contribution in [0.2, 0.25) is 0 Å². The SMILES string of the molecule is CC(C)(C)NCC(O)COc1ccccc1-c1ccc(NN)nn1.Cl.Cl.O.O. The summed E-state index contributed by atoms with van der Waals surface area (Å²) in [7, 11) is 0. The van der Waals surface area contributed by atoms with Crippen LogP contribution < -0.4 is 21.3 Å². The molecule has 9 nitrogen and oxygen atoms in total. The number of benzene rings is 1. The normalized spacial score (nSPS) is 10.9. The minimum Gasteiger partial charge on any atom is -0.490 e.